The zero-order chi connectivity index (χ0) is 94.5. The lowest BCUT2D eigenvalue weighted by atomic mass is 10.2. The molecule has 2 aliphatic heterocycles. The normalized spacial score (nSPS) is 14.3. The molecule has 0 spiro atoms. The van der Waals surface area contributed by atoms with Crippen LogP contribution in [-0.2, 0) is 23.9 Å². The molecule has 3 aliphatic rings. The predicted molar refractivity (Wildman–Crippen MR) is 511 cm³/mol. The molecule has 15 aromatic rings. The van der Waals surface area contributed by atoms with Crippen molar-refractivity contribution in [3.63, 3.8) is 0 Å². The van der Waals surface area contributed by atoms with Crippen LogP contribution in [0.1, 0.15) is 25.7 Å². The number of nitrogens with zero attached hydrogens (tertiary/aromatic N) is 17. The van der Waals surface area contributed by atoms with E-state index in [1.165, 1.54) is 120 Å². The number of amides is 3. The molecule has 18 rings (SSSR count). The van der Waals surface area contributed by atoms with Crippen molar-refractivity contribution in [3.05, 3.63) is 311 Å². The first kappa shape index (κ1) is 92.0. The Bertz CT molecular complexity index is 7130. The number of carbonyl (C=O) groups is 3. The van der Waals surface area contributed by atoms with Gasteiger partial charge in [-0.1, -0.05) is 54.6 Å². The van der Waals surface area contributed by atoms with Gasteiger partial charge in [-0.05, 0) is 211 Å². The highest BCUT2D eigenvalue weighted by atomic mass is 19.1. The van der Waals surface area contributed by atoms with Crippen molar-refractivity contribution in [1.29, 1.82) is 0 Å². The summed E-state index contributed by atoms with van der Waals surface area (Å²) in [6, 6.07) is 60.0. The molecule has 6 aromatic heterocycles. The van der Waals surface area contributed by atoms with Crippen molar-refractivity contribution < 1.29 is 56.3 Å². The Morgan fingerprint density at radius 2 is 0.756 bits per heavy atom. The largest absolute Gasteiger partial charge is 0.495 e. The van der Waals surface area contributed by atoms with Crippen LogP contribution in [-0.4, -0.2) is 203 Å². The van der Waals surface area contributed by atoms with Crippen molar-refractivity contribution >= 4 is 85.7 Å². The van der Waals surface area contributed by atoms with Crippen molar-refractivity contribution in [1.82, 2.24) is 72.0 Å². The van der Waals surface area contributed by atoms with E-state index in [1.54, 1.807) is 178 Å². The number of hydrogen-bond acceptors (Lipinski definition) is 25. The Morgan fingerprint density at radius 1 is 0.400 bits per heavy atom. The summed E-state index contributed by atoms with van der Waals surface area (Å²) >= 11 is 0. The van der Waals surface area contributed by atoms with E-state index in [-0.39, 0.29) is 40.8 Å². The summed E-state index contributed by atoms with van der Waals surface area (Å²) in [6.45, 7) is 4.82. The van der Waals surface area contributed by atoms with Crippen molar-refractivity contribution in [2.75, 3.05) is 128 Å². The fourth-order valence-electron chi connectivity index (χ4n) is 15.7. The van der Waals surface area contributed by atoms with Crippen LogP contribution in [0.3, 0.4) is 0 Å². The maximum absolute atomic E-state index is 14.1. The topological polar surface area (TPSA) is 380 Å². The molecule has 2 saturated heterocycles. The van der Waals surface area contributed by atoms with Crippen LogP contribution >= 0.6 is 0 Å². The van der Waals surface area contributed by atoms with Crippen LogP contribution in [0.5, 0.6) is 46.0 Å². The quantitative estimate of drug-likeness (QED) is 0.0316. The molecule has 135 heavy (non-hydrogen) atoms. The van der Waals surface area contributed by atoms with E-state index in [0.29, 0.717) is 176 Å². The number of imidazole rings is 3. The summed E-state index contributed by atoms with van der Waals surface area (Å²) in [5, 5.41) is 2.86. The average Bonchev–Trinajstić information content (AvgIpc) is 1.60. The molecule has 2 atom stereocenters. The lowest BCUT2D eigenvalue weighted by molar-refractivity contribution is -0.114. The smallest absolute Gasteiger partial charge is 0.339 e. The van der Waals surface area contributed by atoms with E-state index in [4.69, 9.17) is 50.4 Å². The van der Waals surface area contributed by atoms with Crippen LogP contribution in [0, 0.1) is 11.6 Å². The lowest BCUT2D eigenvalue weighted by Gasteiger charge is -2.21. The van der Waals surface area contributed by atoms with E-state index in [2.05, 4.69) is 49.9 Å². The Kier molecular flexibility index (Phi) is 28.2. The van der Waals surface area contributed by atoms with Crippen molar-refractivity contribution in [3.8, 4) is 80.1 Å². The van der Waals surface area contributed by atoms with E-state index < -0.39 is 28.7 Å². The van der Waals surface area contributed by atoms with E-state index >= 15 is 0 Å². The fourth-order valence-corrected chi connectivity index (χ4v) is 15.7. The van der Waals surface area contributed by atoms with Crippen molar-refractivity contribution in [2.45, 2.75) is 43.8 Å². The van der Waals surface area contributed by atoms with Crippen LogP contribution in [0.25, 0.3) is 67.6 Å². The van der Waals surface area contributed by atoms with Gasteiger partial charge >= 0.3 is 17.1 Å². The Labute approximate surface area is 772 Å². The molecule has 0 radical (unpaired) electrons. The number of para-hydroxylation sites is 1. The van der Waals surface area contributed by atoms with Gasteiger partial charge in [0.25, 0.3) is 11.8 Å². The molecule has 1 aliphatic carbocycles. The first-order valence-electron chi connectivity index (χ1n) is 43.2. The Balaban J connectivity index is 0.000000147. The van der Waals surface area contributed by atoms with Crippen LogP contribution < -0.4 is 73.1 Å². The SMILES string of the molecule is CN(C/C=C/C(=O)Nc1cccc(-n2c(=O)n(-c3ccc(Oc4cccc(F)c4)cc3)c3c(N)ncnc32)c1)[C@H]1CCOC1.COc1ccc(-n2c(=O)n(-c3ccc(Oc4cccc(F)c4)cc3)c3c(N)ncnc32)cc1N(C)C(=O)/C=C/CN(C)C1CC1.COc1ccc(-n2c(=O)n(-c3ccc(Oc4ccccc4)cc3)c3c(N)ncnc32)cc1N(C)C(=O)/C=C/CN(C)[C@H]1CCOC1. The number of halogens is 2. The minimum absolute atomic E-state index is 0.110. The number of likely N-dealkylation sites (N-methyl/N-ethyl adjacent to an activating group) is 5. The van der Waals surface area contributed by atoms with E-state index in [0.717, 1.165) is 26.1 Å². The number of aromatic nitrogens is 12. The minimum atomic E-state index is -0.455. The highest BCUT2D eigenvalue weighted by Gasteiger charge is 2.30. The summed E-state index contributed by atoms with van der Waals surface area (Å²) in [5.41, 5.74) is 23.8. The zero-order valence-electron chi connectivity index (χ0n) is 74.8. The van der Waals surface area contributed by atoms with Gasteiger partial charge in [0.15, 0.2) is 34.4 Å². The fraction of sp³-hybridized carbons (Fsp3) is 0.212. The van der Waals surface area contributed by atoms with Crippen LogP contribution in [0.4, 0.5) is 43.3 Å². The summed E-state index contributed by atoms with van der Waals surface area (Å²) in [4.78, 5) is 116. The maximum atomic E-state index is 14.1. The Morgan fingerprint density at radius 3 is 1.13 bits per heavy atom. The standard InChI is InChI=1S/C34H35N7O5.C33H32FN7O4.C32H30FN7O4/c1-38(25-17-19-45-21-25)18-7-10-30(42)39(2)28-20-24(13-16-29(28)44-3)41-33-31(32(35)36-22-37-33)40(34(41)43)23-11-14-27(15-12-23)46-26-8-5-4-6-9-26;1-38(22-9-10-22)17-5-8-29(42)39(2)27-19-24(13-16-28(27)44-3)41-32-30(31(35)36-20-37-32)40(33(41)43)23-11-14-25(15-12-23)45-26-7-4-6-21(34)18-26;1-38(25-14-16-43-19-25)15-4-9-28(41)37-22-6-3-7-24(18-22)40-31-29(30(34)35-20-36-31)39(32(40)42)23-10-12-26(13-11-23)44-27-8-2-5-21(33)17-27/h4-16,20,22,25H,17-19,21H2,1-3H3,(H2,35,36,37);4-8,11-16,18-20,22H,9-10,17H2,1-3H3,(H2,35,36,37);2-13,17-18,20,25H,14-16,19H2,1H3,(H,37,41)(H2,34,35,36)/b10-7+;8-5+;9-4+/t25-;;25-/m0.0/s1. The van der Waals surface area contributed by atoms with Gasteiger partial charge in [0.05, 0.1) is 72.9 Å². The highest BCUT2D eigenvalue weighted by Crippen LogP contribution is 2.37. The third-order valence-electron chi connectivity index (χ3n) is 23.1. The molecule has 0 bridgehead atoms. The number of rotatable bonds is 29. The molecule has 0 unspecified atom stereocenters. The number of nitrogen functional groups attached to an aromatic ring is 3. The first-order valence-corrected chi connectivity index (χ1v) is 43.2. The molecule has 3 fully saturated rings. The molecular formula is C99H97F2N21O13. The van der Waals surface area contributed by atoms with Gasteiger partial charge in [0.1, 0.15) is 93.2 Å². The monoisotopic (exact) mass is 1830 g/mol. The molecule has 3 amide bonds. The second kappa shape index (κ2) is 41.4. The lowest BCUT2D eigenvalue weighted by Crippen LogP contribution is -2.32. The summed E-state index contributed by atoms with van der Waals surface area (Å²) in [7, 11) is 12.4. The number of methoxy groups -OCH3 is 2. The third-order valence-corrected chi connectivity index (χ3v) is 23.1. The van der Waals surface area contributed by atoms with E-state index in [9.17, 15) is 37.5 Å². The summed E-state index contributed by atoms with van der Waals surface area (Å²) in [5.74, 6) is 2.60. The number of anilines is 6. The van der Waals surface area contributed by atoms with Gasteiger partial charge in [-0.3, -0.25) is 42.8 Å². The number of benzene rings is 9. The van der Waals surface area contributed by atoms with Gasteiger partial charge in [-0.2, -0.15) is 0 Å². The molecule has 8 heterocycles. The van der Waals surface area contributed by atoms with Gasteiger partial charge in [-0.15, -0.1) is 0 Å². The second-order valence-electron chi connectivity index (χ2n) is 32.0. The van der Waals surface area contributed by atoms with Gasteiger partial charge in [0, 0.05) is 101 Å². The predicted octanol–water partition coefficient (Wildman–Crippen LogP) is 13.2. The molecule has 36 heteroatoms. The molecule has 34 nitrogen and oxygen atoms in total. The first-order chi connectivity index (χ1) is 65.5. The van der Waals surface area contributed by atoms with Gasteiger partial charge in [0.2, 0.25) is 5.91 Å². The minimum Gasteiger partial charge on any atom is -0.495 e. The number of nitrogens with two attached hydrogens (primary N) is 3. The van der Waals surface area contributed by atoms with Gasteiger partial charge in [-0.25, -0.2) is 66.8 Å². The number of nitrogens with one attached hydrogen (secondary N) is 1. The number of ether oxygens (including phenoxy) is 7. The van der Waals surface area contributed by atoms with Crippen LogP contribution in [0.2, 0.25) is 0 Å². The summed E-state index contributed by atoms with van der Waals surface area (Å²) < 4.78 is 75.2. The second-order valence-corrected chi connectivity index (χ2v) is 32.0. The molecule has 1 saturated carbocycles. The maximum Gasteiger partial charge on any atom is 0.339 e. The van der Waals surface area contributed by atoms with Crippen molar-refractivity contribution in [2.24, 2.45) is 0 Å². The average molecular weight is 1830 g/mol. The summed E-state index contributed by atoms with van der Waals surface area (Å²) in [6.07, 6.45) is 18.3. The third kappa shape index (κ3) is 20.9. The molecule has 9 aromatic carbocycles. The molecule has 7 N–H and O–H groups in total. The number of hydrogen-bond donors (Lipinski definition) is 4. The highest BCUT2D eigenvalue weighted by molar-refractivity contribution is 6.03. The number of carbonyl (C=O) groups excluding carboxylic acids is 3. The van der Waals surface area contributed by atoms with Gasteiger partial charge < -0.3 is 65.5 Å². The van der Waals surface area contributed by atoms with E-state index in [1.807, 2.05) is 69.7 Å². The zero-order valence-corrected chi connectivity index (χ0v) is 74.8. The molecule has 690 valence electrons. The van der Waals surface area contributed by atoms with Crippen LogP contribution in [0.15, 0.2) is 282 Å². The number of fused-ring (bicyclic) bond motifs is 3. The molecular weight excluding hydrogens is 1730 g/mol. The Hall–Kier alpha value is -16.3.